The van der Waals surface area contributed by atoms with Crippen LogP contribution in [0.5, 0.6) is 0 Å². The topological polar surface area (TPSA) is 80.2 Å². The van der Waals surface area contributed by atoms with Crippen molar-refractivity contribution in [1.82, 2.24) is 4.57 Å². The third-order valence-corrected chi connectivity index (χ3v) is 4.76. The Balaban J connectivity index is 1.79. The van der Waals surface area contributed by atoms with E-state index in [4.69, 9.17) is 23.2 Å². The summed E-state index contributed by atoms with van der Waals surface area (Å²) in [7, 11) is 0. The summed E-state index contributed by atoms with van der Waals surface area (Å²) < 4.78 is 1.42. The van der Waals surface area contributed by atoms with Crippen LogP contribution in [0.3, 0.4) is 0 Å². The number of hydrogen-bond donors (Lipinski definition) is 2. The zero-order valence-electron chi connectivity index (χ0n) is 15.4. The van der Waals surface area contributed by atoms with Crippen molar-refractivity contribution in [2.75, 3.05) is 10.6 Å². The number of pyridine rings is 1. The molecule has 1 heterocycles. The molecular weight excluding hydrogens is 413 g/mol. The van der Waals surface area contributed by atoms with E-state index < -0.39 is 5.91 Å². The Morgan fingerprint density at radius 3 is 2.41 bits per heavy atom. The molecule has 0 aliphatic rings. The molecule has 29 heavy (non-hydrogen) atoms. The smallest absolute Gasteiger partial charge is 0.257 e. The molecule has 2 N–H and O–H groups in total. The number of amides is 2. The first-order valence-electron chi connectivity index (χ1n) is 8.66. The minimum atomic E-state index is -0.402. The normalized spacial score (nSPS) is 10.4. The Kier molecular flexibility index (Phi) is 6.36. The minimum Gasteiger partial charge on any atom is -0.325 e. The summed E-state index contributed by atoms with van der Waals surface area (Å²) in [5.41, 5.74) is 1.74. The molecule has 0 spiro atoms. The van der Waals surface area contributed by atoms with Crippen LogP contribution in [-0.2, 0) is 11.3 Å². The maximum Gasteiger partial charge on any atom is 0.257 e. The molecule has 3 aromatic rings. The molecule has 0 saturated carbocycles. The number of aromatic nitrogens is 1. The summed E-state index contributed by atoms with van der Waals surface area (Å²) in [4.78, 5) is 35.9. The average molecular weight is 430 g/mol. The summed E-state index contributed by atoms with van der Waals surface area (Å²) in [6.45, 7) is 1.63. The molecule has 0 aliphatic carbocycles. The van der Waals surface area contributed by atoms with Crippen LogP contribution >= 0.6 is 23.2 Å². The van der Waals surface area contributed by atoms with Crippen molar-refractivity contribution in [3.63, 3.8) is 0 Å². The Labute approximate surface area is 177 Å². The van der Waals surface area contributed by atoms with Gasteiger partial charge in [-0.25, -0.2) is 0 Å². The molecule has 3 rings (SSSR count). The van der Waals surface area contributed by atoms with Gasteiger partial charge in [-0.05, 0) is 35.9 Å². The fourth-order valence-corrected chi connectivity index (χ4v) is 3.11. The lowest BCUT2D eigenvalue weighted by Gasteiger charge is -2.11. The van der Waals surface area contributed by atoms with Gasteiger partial charge in [0.2, 0.25) is 5.91 Å². The van der Waals surface area contributed by atoms with Crippen molar-refractivity contribution in [2.24, 2.45) is 0 Å². The van der Waals surface area contributed by atoms with E-state index in [1.807, 2.05) is 12.1 Å². The molecule has 0 radical (unpaired) electrons. The van der Waals surface area contributed by atoms with E-state index in [9.17, 15) is 14.4 Å². The van der Waals surface area contributed by atoms with Gasteiger partial charge in [-0.2, -0.15) is 0 Å². The molecule has 8 heteroatoms. The fraction of sp³-hybridized carbons (Fsp3) is 0.0952. The predicted molar refractivity (Wildman–Crippen MR) is 115 cm³/mol. The van der Waals surface area contributed by atoms with Crippen molar-refractivity contribution in [1.29, 1.82) is 0 Å². The van der Waals surface area contributed by atoms with Crippen molar-refractivity contribution < 1.29 is 9.59 Å². The van der Waals surface area contributed by atoms with E-state index in [0.29, 0.717) is 27.0 Å². The monoisotopic (exact) mass is 429 g/mol. The predicted octanol–water partition coefficient (Wildman–Crippen LogP) is 4.41. The summed E-state index contributed by atoms with van der Waals surface area (Å²) in [6.07, 6.45) is 1.48. The quantitative estimate of drug-likeness (QED) is 0.629. The van der Waals surface area contributed by atoms with Crippen molar-refractivity contribution in [3.05, 3.63) is 92.3 Å². The van der Waals surface area contributed by atoms with Gasteiger partial charge in [-0.15, -0.1) is 0 Å². The first-order chi connectivity index (χ1) is 13.8. The van der Waals surface area contributed by atoms with Crippen molar-refractivity contribution in [2.45, 2.75) is 13.5 Å². The lowest BCUT2D eigenvalue weighted by Crippen LogP contribution is -2.22. The number of hydrogen-bond acceptors (Lipinski definition) is 3. The third-order valence-electron chi connectivity index (χ3n) is 4.08. The van der Waals surface area contributed by atoms with Crippen molar-refractivity contribution in [3.8, 4) is 0 Å². The molecular formula is C21H17Cl2N3O3. The van der Waals surface area contributed by atoms with Gasteiger partial charge < -0.3 is 15.2 Å². The van der Waals surface area contributed by atoms with E-state index in [1.54, 1.807) is 24.3 Å². The van der Waals surface area contributed by atoms with Gasteiger partial charge in [-0.3, -0.25) is 14.4 Å². The van der Waals surface area contributed by atoms with E-state index >= 15 is 0 Å². The van der Waals surface area contributed by atoms with Gasteiger partial charge in [0.05, 0.1) is 22.8 Å². The number of carbonyl (C=O) groups is 2. The van der Waals surface area contributed by atoms with E-state index in [-0.39, 0.29) is 18.0 Å². The average Bonchev–Trinajstić information content (AvgIpc) is 2.67. The molecule has 0 atom stereocenters. The number of nitrogens with one attached hydrogen (secondary N) is 2. The number of benzene rings is 2. The van der Waals surface area contributed by atoms with E-state index in [0.717, 1.165) is 5.56 Å². The zero-order valence-corrected chi connectivity index (χ0v) is 16.9. The number of halogens is 2. The highest BCUT2D eigenvalue weighted by Crippen LogP contribution is 2.25. The summed E-state index contributed by atoms with van der Waals surface area (Å²) >= 11 is 12.3. The number of nitrogens with zero attached hydrogens (tertiary/aromatic N) is 1. The maximum atomic E-state index is 12.6. The van der Waals surface area contributed by atoms with Crippen LogP contribution in [0.15, 0.2) is 65.6 Å². The molecule has 148 valence electrons. The second-order valence-corrected chi connectivity index (χ2v) is 7.12. The van der Waals surface area contributed by atoms with Crippen LogP contribution in [0.2, 0.25) is 10.0 Å². The Hall–Kier alpha value is -3.09. The number of rotatable bonds is 5. The van der Waals surface area contributed by atoms with Crippen LogP contribution in [0.1, 0.15) is 22.8 Å². The molecule has 0 bridgehead atoms. The van der Waals surface area contributed by atoms with Gasteiger partial charge >= 0.3 is 0 Å². The number of anilines is 2. The first kappa shape index (κ1) is 20.6. The van der Waals surface area contributed by atoms with Crippen LogP contribution < -0.4 is 16.2 Å². The lowest BCUT2D eigenvalue weighted by molar-refractivity contribution is -0.114. The van der Waals surface area contributed by atoms with Crippen LogP contribution in [0, 0.1) is 0 Å². The molecule has 0 aliphatic heterocycles. The molecule has 0 fully saturated rings. The first-order valence-corrected chi connectivity index (χ1v) is 9.41. The third kappa shape index (κ3) is 5.25. The number of carbonyl (C=O) groups excluding carboxylic acids is 2. The van der Waals surface area contributed by atoms with E-state index in [2.05, 4.69) is 10.6 Å². The molecule has 2 aromatic carbocycles. The molecule has 0 saturated heterocycles. The van der Waals surface area contributed by atoms with Crippen LogP contribution in [-0.4, -0.2) is 16.4 Å². The van der Waals surface area contributed by atoms with Crippen molar-refractivity contribution >= 4 is 46.4 Å². The van der Waals surface area contributed by atoms with Gasteiger partial charge in [-0.1, -0.05) is 41.4 Å². The molecule has 0 unspecified atom stereocenters. The Morgan fingerprint density at radius 1 is 0.966 bits per heavy atom. The Bertz CT molecular complexity index is 1140. The maximum absolute atomic E-state index is 12.6. The van der Waals surface area contributed by atoms with Gasteiger partial charge in [0, 0.05) is 29.9 Å². The Morgan fingerprint density at radius 2 is 1.72 bits per heavy atom. The zero-order chi connectivity index (χ0) is 21.0. The van der Waals surface area contributed by atoms with Gasteiger partial charge in [0.1, 0.15) is 0 Å². The highest BCUT2D eigenvalue weighted by atomic mass is 35.5. The largest absolute Gasteiger partial charge is 0.325 e. The lowest BCUT2D eigenvalue weighted by atomic mass is 10.2. The fourth-order valence-electron chi connectivity index (χ4n) is 2.69. The second kappa shape index (κ2) is 8.94. The second-order valence-electron chi connectivity index (χ2n) is 6.31. The van der Waals surface area contributed by atoms with Crippen LogP contribution in [0.25, 0.3) is 0 Å². The van der Waals surface area contributed by atoms with Crippen LogP contribution in [0.4, 0.5) is 11.4 Å². The highest BCUT2D eigenvalue weighted by Gasteiger charge is 2.11. The SMILES string of the molecule is CC(=O)Nc1ccc(NC(=O)c2ccc(=O)n(Cc3ccccc3Cl)c2)cc1Cl. The highest BCUT2D eigenvalue weighted by molar-refractivity contribution is 6.34. The molecule has 1 aromatic heterocycles. The van der Waals surface area contributed by atoms with Gasteiger partial charge in [0.15, 0.2) is 0 Å². The van der Waals surface area contributed by atoms with Gasteiger partial charge in [0.25, 0.3) is 11.5 Å². The summed E-state index contributed by atoms with van der Waals surface area (Å²) in [5.74, 6) is -0.647. The summed E-state index contributed by atoms with van der Waals surface area (Å²) in [6, 6.07) is 14.7. The summed E-state index contributed by atoms with van der Waals surface area (Å²) in [5, 5.41) is 6.16. The van der Waals surface area contributed by atoms with E-state index in [1.165, 1.54) is 35.9 Å². The standard InChI is InChI=1S/C21H17Cl2N3O3/c1-13(27)24-19-8-7-16(10-18(19)23)25-21(29)15-6-9-20(28)26(12-15)11-14-4-2-3-5-17(14)22/h2-10,12H,11H2,1H3,(H,24,27)(H,25,29). The molecule has 2 amide bonds. The minimum absolute atomic E-state index is 0.246. The molecule has 6 nitrogen and oxygen atoms in total.